The minimum Gasteiger partial charge on any atom is -0.394 e. The first-order chi connectivity index (χ1) is 42.8. The van der Waals surface area contributed by atoms with E-state index in [0.717, 1.165) is 44.9 Å². The summed E-state index contributed by atoms with van der Waals surface area (Å²) in [6.07, 6.45) is 32.8. The number of rotatable bonds is 54. The highest BCUT2D eigenvalue weighted by atomic mass is 16.8. The molecule has 17 unspecified atom stereocenters. The molecule has 0 aromatic rings. The monoisotopic (exact) mass is 1260 g/mol. The molecule has 88 heavy (non-hydrogen) atoms. The van der Waals surface area contributed by atoms with Gasteiger partial charge in [0.25, 0.3) is 0 Å². The van der Waals surface area contributed by atoms with Gasteiger partial charge in [-0.15, -0.1) is 0 Å². The van der Waals surface area contributed by atoms with Crippen LogP contribution in [0, 0.1) is 0 Å². The smallest absolute Gasteiger partial charge is 0.220 e. The highest BCUT2D eigenvalue weighted by molar-refractivity contribution is 5.76. The molecule has 0 aliphatic carbocycles. The zero-order valence-electron chi connectivity index (χ0n) is 54.5. The Kier molecular flexibility index (Phi) is 46.9. The van der Waals surface area contributed by atoms with Gasteiger partial charge in [-0.2, -0.15) is 0 Å². The fourth-order valence-electron chi connectivity index (χ4n) is 11.9. The first-order valence-electron chi connectivity index (χ1n) is 35.2. The molecule has 19 nitrogen and oxygen atoms in total. The maximum atomic E-state index is 13.4. The van der Waals surface area contributed by atoms with E-state index in [1.165, 1.54) is 186 Å². The third kappa shape index (κ3) is 33.2. The van der Waals surface area contributed by atoms with Crippen LogP contribution in [0.5, 0.6) is 0 Å². The van der Waals surface area contributed by atoms with Gasteiger partial charge in [0.1, 0.15) is 73.2 Å². The van der Waals surface area contributed by atoms with Gasteiger partial charge in [0.05, 0.1) is 38.6 Å². The largest absolute Gasteiger partial charge is 0.394 e. The van der Waals surface area contributed by atoms with Crippen molar-refractivity contribution in [2.45, 2.75) is 369 Å². The van der Waals surface area contributed by atoms with Crippen LogP contribution in [0.15, 0.2) is 36.5 Å². The third-order valence-corrected chi connectivity index (χ3v) is 17.7. The van der Waals surface area contributed by atoms with Crippen molar-refractivity contribution in [2.24, 2.45) is 0 Å². The number of nitrogens with one attached hydrogen (secondary N) is 1. The first-order valence-corrected chi connectivity index (χ1v) is 35.2. The van der Waals surface area contributed by atoms with Gasteiger partial charge in [-0.25, -0.2) is 0 Å². The molecule has 0 aromatic heterocycles. The molecule has 12 N–H and O–H groups in total. The second-order valence-corrected chi connectivity index (χ2v) is 25.3. The van der Waals surface area contributed by atoms with E-state index in [2.05, 4.69) is 43.5 Å². The van der Waals surface area contributed by atoms with Crippen molar-refractivity contribution >= 4 is 5.91 Å². The minimum absolute atomic E-state index is 0.236. The molecule has 1 amide bonds. The number of amides is 1. The predicted molar refractivity (Wildman–Crippen MR) is 342 cm³/mol. The van der Waals surface area contributed by atoms with E-state index in [1.54, 1.807) is 6.08 Å². The fraction of sp³-hybridized carbons (Fsp3) is 0.899. The molecular weight excluding hydrogens is 1130 g/mol. The van der Waals surface area contributed by atoms with Crippen LogP contribution in [0.3, 0.4) is 0 Å². The molecule has 516 valence electrons. The Labute approximate surface area is 530 Å². The summed E-state index contributed by atoms with van der Waals surface area (Å²) in [4.78, 5) is 13.4. The number of carbonyl (C=O) groups excluding carboxylic acids is 1. The fourth-order valence-corrected chi connectivity index (χ4v) is 11.9. The van der Waals surface area contributed by atoms with Crippen molar-refractivity contribution in [3.63, 3.8) is 0 Å². The Balaban J connectivity index is 1.40. The van der Waals surface area contributed by atoms with E-state index in [0.29, 0.717) is 12.8 Å². The van der Waals surface area contributed by atoms with Crippen LogP contribution in [0.25, 0.3) is 0 Å². The van der Waals surface area contributed by atoms with Crippen molar-refractivity contribution in [1.29, 1.82) is 0 Å². The van der Waals surface area contributed by atoms with Crippen molar-refractivity contribution in [2.75, 3.05) is 26.4 Å². The number of hydrogen-bond acceptors (Lipinski definition) is 18. The van der Waals surface area contributed by atoms with Crippen LogP contribution in [0.4, 0.5) is 0 Å². The molecule has 3 aliphatic heterocycles. The van der Waals surface area contributed by atoms with Crippen LogP contribution in [-0.2, 0) is 33.2 Å². The van der Waals surface area contributed by atoms with Crippen molar-refractivity contribution < 1.29 is 89.4 Å². The zero-order valence-corrected chi connectivity index (χ0v) is 54.5. The number of aliphatic hydroxyl groups excluding tert-OH is 11. The summed E-state index contributed by atoms with van der Waals surface area (Å²) in [5, 5.41) is 120. The SMILES string of the molecule is CCCCCCC/C=C/CC/C=C/CC/C=C/C(O)C(COC1OC(CO)C(OC2OC(CO)C(OC3OC(CO)C(O)C(O)C3O)C(O)C2O)C(O)C1O)NC(=O)CCCCCCCCCCCCCCCCCCCCCCCCCCCCCC. The Hall–Kier alpha value is -1.99. The van der Waals surface area contributed by atoms with Gasteiger partial charge in [0.15, 0.2) is 18.9 Å². The molecule has 19 heteroatoms. The molecule has 0 bridgehead atoms. The van der Waals surface area contributed by atoms with E-state index in [9.17, 15) is 61.0 Å². The number of hydrogen-bond donors (Lipinski definition) is 12. The number of allylic oxidation sites excluding steroid dienone is 5. The van der Waals surface area contributed by atoms with Crippen molar-refractivity contribution in [1.82, 2.24) is 5.32 Å². The van der Waals surface area contributed by atoms with Gasteiger partial charge in [0, 0.05) is 6.42 Å². The summed E-state index contributed by atoms with van der Waals surface area (Å²) >= 11 is 0. The quantitative estimate of drug-likeness (QED) is 0.0199. The molecule has 3 rings (SSSR count). The maximum Gasteiger partial charge on any atom is 0.220 e. The average Bonchev–Trinajstić information content (AvgIpc) is 3.57. The highest BCUT2D eigenvalue weighted by Crippen LogP contribution is 2.33. The molecule has 3 saturated heterocycles. The van der Waals surface area contributed by atoms with Crippen LogP contribution in [0.1, 0.15) is 264 Å². The van der Waals surface area contributed by atoms with Crippen LogP contribution >= 0.6 is 0 Å². The third-order valence-electron chi connectivity index (χ3n) is 17.7. The first kappa shape index (κ1) is 80.2. The van der Waals surface area contributed by atoms with E-state index in [4.69, 9.17) is 28.4 Å². The molecular formula is C69H127NO18. The van der Waals surface area contributed by atoms with Crippen molar-refractivity contribution in [3.05, 3.63) is 36.5 Å². The summed E-state index contributed by atoms with van der Waals surface area (Å²) in [5.74, 6) is -0.286. The van der Waals surface area contributed by atoms with E-state index >= 15 is 0 Å². The molecule has 0 spiro atoms. The molecule has 0 radical (unpaired) electrons. The lowest BCUT2D eigenvalue weighted by molar-refractivity contribution is -0.379. The topological polar surface area (TPSA) is 307 Å². The lowest BCUT2D eigenvalue weighted by Crippen LogP contribution is -2.66. The second kappa shape index (κ2) is 51.4. The Morgan fingerprint density at radius 1 is 0.398 bits per heavy atom. The molecule has 0 saturated carbocycles. The molecule has 3 fully saturated rings. The summed E-state index contributed by atoms with van der Waals surface area (Å²) < 4.78 is 34.3. The molecule has 0 aromatic carbocycles. The Bertz CT molecular complexity index is 1740. The second-order valence-electron chi connectivity index (χ2n) is 25.3. The summed E-state index contributed by atoms with van der Waals surface area (Å²) in [6, 6.07) is -0.994. The van der Waals surface area contributed by atoms with Gasteiger partial charge in [-0.1, -0.05) is 249 Å². The highest BCUT2D eigenvalue weighted by Gasteiger charge is 2.53. The number of ether oxygens (including phenoxy) is 6. The van der Waals surface area contributed by atoms with Gasteiger partial charge in [-0.3, -0.25) is 4.79 Å². The summed E-state index contributed by atoms with van der Waals surface area (Å²) in [7, 11) is 0. The van der Waals surface area contributed by atoms with Gasteiger partial charge >= 0.3 is 0 Å². The van der Waals surface area contributed by atoms with Crippen molar-refractivity contribution in [3.8, 4) is 0 Å². The number of unbranched alkanes of at least 4 members (excludes halogenated alkanes) is 34. The van der Waals surface area contributed by atoms with Gasteiger partial charge < -0.3 is 89.9 Å². The zero-order chi connectivity index (χ0) is 64.0. The van der Waals surface area contributed by atoms with E-state index < -0.39 is 124 Å². The predicted octanol–water partition coefficient (Wildman–Crippen LogP) is 9.22. The van der Waals surface area contributed by atoms with Crippen LogP contribution in [0.2, 0.25) is 0 Å². The van der Waals surface area contributed by atoms with Crippen LogP contribution < -0.4 is 5.32 Å². The minimum atomic E-state index is -1.98. The summed E-state index contributed by atoms with van der Waals surface area (Å²) in [5.41, 5.74) is 0. The van der Waals surface area contributed by atoms with Gasteiger partial charge in [-0.05, 0) is 44.9 Å². The normalized spacial score (nSPS) is 28.6. The molecule has 3 aliphatic rings. The average molecular weight is 1260 g/mol. The summed E-state index contributed by atoms with van der Waals surface area (Å²) in [6.45, 7) is 1.71. The Morgan fingerprint density at radius 3 is 1.14 bits per heavy atom. The Morgan fingerprint density at radius 2 is 0.727 bits per heavy atom. The lowest BCUT2D eigenvalue weighted by Gasteiger charge is -2.48. The molecule has 17 atom stereocenters. The van der Waals surface area contributed by atoms with E-state index in [-0.39, 0.29) is 18.9 Å². The number of carbonyl (C=O) groups is 1. The standard InChI is InChI=1S/C69H127NO18/c1-3-5-7-9-11-13-15-17-19-20-21-22-23-24-25-26-27-28-29-30-31-33-35-37-39-41-43-45-47-57(75)70-52(53(74)46-44-42-40-38-36-34-32-18-16-14-12-10-8-6-4-2)51-83-67-63(81)60(78)65(55(49-72)85-67)88-69-64(82)61(79)66(56(50-73)86-69)87-68-62(80)59(77)58(76)54(48-71)84-68/h16,18,36,38,44,46,52-56,58-69,71-74,76-82H,3-15,17,19-35,37,39-43,45,47-51H2,1-2H3,(H,70,75)/b18-16+,38-36+,46-44+. The van der Waals surface area contributed by atoms with E-state index in [1.807, 2.05) is 6.08 Å². The number of aliphatic hydroxyl groups is 11. The van der Waals surface area contributed by atoms with Gasteiger partial charge in [0.2, 0.25) is 5.91 Å². The maximum absolute atomic E-state index is 13.4. The molecule has 3 heterocycles. The lowest BCUT2D eigenvalue weighted by atomic mass is 9.96. The van der Waals surface area contributed by atoms with Crippen LogP contribution in [-0.4, -0.2) is 193 Å².